The minimum Gasteiger partial charge on any atom is -0.497 e. The van der Waals surface area contributed by atoms with Crippen molar-refractivity contribution >= 4 is 47.2 Å². The first kappa shape index (κ1) is 23.4. The second-order valence-electron chi connectivity index (χ2n) is 6.90. The van der Waals surface area contributed by atoms with Crippen molar-refractivity contribution in [2.45, 2.75) is 25.8 Å². The highest BCUT2D eigenvalue weighted by Gasteiger charge is 2.23. The molecule has 1 aliphatic rings. The van der Waals surface area contributed by atoms with Gasteiger partial charge < -0.3 is 20.7 Å². The average Bonchev–Trinajstić information content (AvgIpc) is 3.17. The Labute approximate surface area is 192 Å². The van der Waals surface area contributed by atoms with E-state index in [9.17, 15) is 4.79 Å². The van der Waals surface area contributed by atoms with Gasteiger partial charge in [-0.25, -0.2) is 4.98 Å². The molecule has 0 radical (unpaired) electrons. The summed E-state index contributed by atoms with van der Waals surface area (Å²) in [7, 11) is 3.44. The molecule has 0 saturated carbocycles. The van der Waals surface area contributed by atoms with Crippen LogP contribution in [0, 0.1) is 5.92 Å². The second-order valence-corrected chi connectivity index (χ2v) is 7.76. The number of aromatic nitrogens is 1. The lowest BCUT2D eigenvalue weighted by molar-refractivity contribution is -0.119. The molecule has 7 nitrogen and oxygen atoms in total. The first-order chi connectivity index (χ1) is 13.6. The molecule has 1 unspecified atom stereocenters. The van der Waals surface area contributed by atoms with Gasteiger partial charge in [0.25, 0.3) is 0 Å². The number of thiazole rings is 1. The van der Waals surface area contributed by atoms with Gasteiger partial charge in [-0.05, 0) is 43.0 Å². The van der Waals surface area contributed by atoms with Crippen LogP contribution in [0.25, 0.3) is 10.6 Å². The molecule has 29 heavy (non-hydrogen) atoms. The predicted molar refractivity (Wildman–Crippen MR) is 128 cm³/mol. The number of hydrogen-bond acceptors (Lipinski definition) is 5. The predicted octanol–water partition coefficient (Wildman–Crippen LogP) is 3.10. The number of aliphatic imine (C=N–C) groups is 1. The summed E-state index contributed by atoms with van der Waals surface area (Å²) in [6.45, 7) is 2.34. The summed E-state index contributed by atoms with van der Waals surface area (Å²) in [5.41, 5.74) is 7.41. The highest BCUT2D eigenvalue weighted by atomic mass is 127. The van der Waals surface area contributed by atoms with Gasteiger partial charge in [-0.2, -0.15) is 0 Å². The van der Waals surface area contributed by atoms with Crippen LogP contribution in [0.15, 0.2) is 34.6 Å². The van der Waals surface area contributed by atoms with Crippen molar-refractivity contribution in [2.75, 3.05) is 27.2 Å². The van der Waals surface area contributed by atoms with Gasteiger partial charge in [0.2, 0.25) is 5.91 Å². The standard InChI is InChI=1S/C20H27N5O2S.HI/c1-22-20(25-9-3-4-14(12-25)10-18(21)26)23-11-16-13-28-19(24-16)15-5-7-17(27-2)8-6-15;/h5-8,13-14H,3-4,9-12H2,1-2H3,(H2,21,26)(H,22,23);1H. The van der Waals surface area contributed by atoms with Crippen LogP contribution in [0.2, 0.25) is 0 Å². The first-order valence-electron chi connectivity index (χ1n) is 9.41. The minimum atomic E-state index is -0.233. The Bertz CT molecular complexity index is 825. The van der Waals surface area contributed by atoms with Gasteiger partial charge in [-0.15, -0.1) is 35.3 Å². The summed E-state index contributed by atoms with van der Waals surface area (Å²) < 4.78 is 5.20. The number of primary amides is 1. The number of carbonyl (C=O) groups excluding carboxylic acids is 1. The lowest BCUT2D eigenvalue weighted by Gasteiger charge is -2.34. The molecule has 1 aromatic heterocycles. The van der Waals surface area contributed by atoms with E-state index in [2.05, 4.69) is 20.6 Å². The molecule has 3 rings (SSSR count). The summed E-state index contributed by atoms with van der Waals surface area (Å²) in [5, 5.41) is 6.44. The highest BCUT2D eigenvalue weighted by Crippen LogP contribution is 2.26. The third kappa shape index (κ3) is 6.56. The maximum Gasteiger partial charge on any atom is 0.217 e. The number of rotatable bonds is 6. The Morgan fingerprint density at radius 3 is 2.83 bits per heavy atom. The molecule has 158 valence electrons. The van der Waals surface area contributed by atoms with Gasteiger partial charge in [0.1, 0.15) is 10.8 Å². The maximum atomic E-state index is 11.2. The van der Waals surface area contributed by atoms with Gasteiger partial charge in [-0.3, -0.25) is 9.79 Å². The number of nitrogens with one attached hydrogen (secondary N) is 1. The van der Waals surface area contributed by atoms with E-state index in [1.54, 1.807) is 25.5 Å². The number of ether oxygens (including phenoxy) is 1. The number of hydrogen-bond donors (Lipinski definition) is 2. The zero-order valence-electron chi connectivity index (χ0n) is 16.8. The van der Waals surface area contributed by atoms with E-state index in [-0.39, 0.29) is 29.9 Å². The number of piperidine rings is 1. The summed E-state index contributed by atoms with van der Waals surface area (Å²) in [6, 6.07) is 7.91. The van der Waals surface area contributed by atoms with Crippen molar-refractivity contribution in [3.63, 3.8) is 0 Å². The van der Waals surface area contributed by atoms with Crippen LogP contribution in [-0.4, -0.2) is 49.0 Å². The largest absolute Gasteiger partial charge is 0.497 e. The Hall–Kier alpha value is -1.88. The smallest absolute Gasteiger partial charge is 0.217 e. The Morgan fingerprint density at radius 2 is 2.17 bits per heavy atom. The van der Waals surface area contributed by atoms with E-state index >= 15 is 0 Å². The number of carbonyl (C=O) groups is 1. The van der Waals surface area contributed by atoms with E-state index in [1.165, 1.54) is 0 Å². The number of nitrogens with two attached hydrogens (primary N) is 1. The van der Waals surface area contributed by atoms with Crippen LogP contribution in [0.1, 0.15) is 25.0 Å². The zero-order chi connectivity index (χ0) is 19.9. The third-order valence-electron chi connectivity index (χ3n) is 4.84. The molecule has 9 heteroatoms. The van der Waals surface area contributed by atoms with Gasteiger partial charge in [0.15, 0.2) is 5.96 Å². The van der Waals surface area contributed by atoms with Crippen molar-refractivity contribution in [1.29, 1.82) is 0 Å². The molecule has 0 bridgehead atoms. The molecule has 2 aromatic rings. The number of amides is 1. The number of nitrogens with zero attached hydrogens (tertiary/aromatic N) is 3. The summed E-state index contributed by atoms with van der Waals surface area (Å²) in [5.74, 6) is 1.74. The number of benzene rings is 1. The number of guanidine groups is 1. The van der Waals surface area contributed by atoms with E-state index in [4.69, 9.17) is 15.5 Å². The molecule has 1 atom stereocenters. The number of methoxy groups -OCH3 is 1. The fourth-order valence-electron chi connectivity index (χ4n) is 3.46. The molecule has 0 spiro atoms. The van der Waals surface area contributed by atoms with Crippen LogP contribution in [0.3, 0.4) is 0 Å². The number of likely N-dealkylation sites (tertiary alicyclic amines) is 1. The fourth-order valence-corrected chi connectivity index (χ4v) is 4.29. The van der Waals surface area contributed by atoms with Crippen LogP contribution in [-0.2, 0) is 11.3 Å². The maximum absolute atomic E-state index is 11.2. The fraction of sp³-hybridized carbons (Fsp3) is 0.450. The van der Waals surface area contributed by atoms with Gasteiger partial charge >= 0.3 is 0 Å². The monoisotopic (exact) mass is 529 g/mol. The Morgan fingerprint density at radius 1 is 1.41 bits per heavy atom. The van der Waals surface area contributed by atoms with Crippen molar-refractivity contribution in [3.05, 3.63) is 35.3 Å². The molecule has 1 amide bonds. The van der Waals surface area contributed by atoms with E-state index in [0.717, 1.165) is 53.9 Å². The van der Waals surface area contributed by atoms with Crippen molar-refractivity contribution < 1.29 is 9.53 Å². The Balaban J connectivity index is 0.00000300. The van der Waals surface area contributed by atoms with Crippen molar-refractivity contribution in [3.8, 4) is 16.3 Å². The second kappa shape index (κ2) is 11.3. The average molecular weight is 529 g/mol. The normalized spacial score (nSPS) is 16.8. The lowest BCUT2D eigenvalue weighted by atomic mass is 9.95. The summed E-state index contributed by atoms with van der Waals surface area (Å²) in [6.07, 6.45) is 2.51. The molecule has 1 aromatic carbocycles. The highest BCUT2D eigenvalue weighted by molar-refractivity contribution is 14.0. The molecule has 1 saturated heterocycles. The molecule has 3 N–H and O–H groups in total. The molecule has 1 fully saturated rings. The molecule has 0 aliphatic carbocycles. The molecular formula is C20H28IN5O2S. The van der Waals surface area contributed by atoms with Crippen LogP contribution in [0.5, 0.6) is 5.75 Å². The third-order valence-corrected chi connectivity index (χ3v) is 5.78. The lowest BCUT2D eigenvalue weighted by Crippen LogP contribution is -2.46. The first-order valence-corrected chi connectivity index (χ1v) is 10.3. The topological polar surface area (TPSA) is 92.8 Å². The van der Waals surface area contributed by atoms with Gasteiger partial charge in [0.05, 0.1) is 19.3 Å². The van der Waals surface area contributed by atoms with Crippen molar-refractivity contribution in [2.24, 2.45) is 16.6 Å². The van der Waals surface area contributed by atoms with Crippen LogP contribution >= 0.6 is 35.3 Å². The SMILES string of the molecule is CN=C(NCc1csc(-c2ccc(OC)cc2)n1)N1CCCC(CC(N)=O)C1.I. The van der Waals surface area contributed by atoms with Gasteiger partial charge in [-0.1, -0.05) is 0 Å². The molecule has 2 heterocycles. The summed E-state index contributed by atoms with van der Waals surface area (Å²) >= 11 is 1.62. The van der Waals surface area contributed by atoms with E-state index < -0.39 is 0 Å². The van der Waals surface area contributed by atoms with Crippen molar-refractivity contribution in [1.82, 2.24) is 15.2 Å². The van der Waals surface area contributed by atoms with Crippen LogP contribution < -0.4 is 15.8 Å². The molecular weight excluding hydrogens is 501 g/mol. The quantitative estimate of drug-likeness (QED) is 0.341. The zero-order valence-corrected chi connectivity index (χ0v) is 19.9. The minimum absolute atomic E-state index is 0. The van der Waals surface area contributed by atoms with Gasteiger partial charge in [0, 0.05) is 37.5 Å². The van der Waals surface area contributed by atoms with E-state index in [1.807, 2.05) is 24.3 Å². The Kier molecular flexibility index (Phi) is 9.15. The molecule has 1 aliphatic heterocycles. The summed E-state index contributed by atoms with van der Waals surface area (Å²) in [4.78, 5) is 22.5. The van der Waals surface area contributed by atoms with Crippen LogP contribution in [0.4, 0.5) is 0 Å². The number of halogens is 1. The van der Waals surface area contributed by atoms with E-state index in [0.29, 0.717) is 18.9 Å².